The molecule has 1 aliphatic heterocycles. The average Bonchev–Trinajstić information content (AvgIpc) is 2.16. The zero-order chi connectivity index (χ0) is 9.26. The van der Waals surface area contributed by atoms with Gasteiger partial charge in [-0.05, 0) is 36.7 Å². The Bertz CT molecular complexity index is 314. The first-order valence-electron chi connectivity index (χ1n) is 4.41. The second-order valence-corrected chi connectivity index (χ2v) is 4.28. The van der Waals surface area contributed by atoms with Crippen LogP contribution < -0.4 is 10.5 Å². The first-order chi connectivity index (χ1) is 6.29. The summed E-state index contributed by atoms with van der Waals surface area (Å²) in [5, 5.41) is 0. The van der Waals surface area contributed by atoms with Crippen LogP contribution in [0.4, 0.5) is 0 Å². The molecule has 2 rings (SSSR count). The molecule has 1 aliphatic rings. The molecular formula is C10H12BrNO. The molecule has 0 saturated carbocycles. The minimum atomic E-state index is 0.474. The fraction of sp³-hybridized carbons (Fsp3) is 0.400. The fourth-order valence-electron chi connectivity index (χ4n) is 1.58. The van der Waals surface area contributed by atoms with Gasteiger partial charge in [0, 0.05) is 10.4 Å². The van der Waals surface area contributed by atoms with Crippen LogP contribution in [0.15, 0.2) is 22.7 Å². The van der Waals surface area contributed by atoms with Gasteiger partial charge >= 0.3 is 0 Å². The van der Waals surface area contributed by atoms with Crippen LogP contribution in [0.1, 0.15) is 5.56 Å². The van der Waals surface area contributed by atoms with E-state index in [9.17, 15) is 0 Å². The van der Waals surface area contributed by atoms with Gasteiger partial charge in [-0.2, -0.15) is 0 Å². The van der Waals surface area contributed by atoms with Crippen LogP contribution in [0, 0.1) is 5.92 Å². The van der Waals surface area contributed by atoms with Gasteiger partial charge < -0.3 is 10.5 Å². The normalized spacial score (nSPS) is 20.6. The molecule has 1 aromatic carbocycles. The van der Waals surface area contributed by atoms with Crippen molar-refractivity contribution < 1.29 is 4.74 Å². The van der Waals surface area contributed by atoms with E-state index in [0.717, 1.165) is 23.2 Å². The molecular weight excluding hydrogens is 230 g/mol. The number of rotatable bonds is 1. The lowest BCUT2D eigenvalue weighted by Gasteiger charge is -2.24. The van der Waals surface area contributed by atoms with Crippen LogP contribution in [0.25, 0.3) is 0 Å². The minimum absolute atomic E-state index is 0.474. The topological polar surface area (TPSA) is 35.2 Å². The Kier molecular flexibility index (Phi) is 2.56. The molecule has 0 radical (unpaired) electrons. The summed E-state index contributed by atoms with van der Waals surface area (Å²) >= 11 is 3.45. The quantitative estimate of drug-likeness (QED) is 0.816. The predicted octanol–water partition coefficient (Wildman–Crippen LogP) is 1.96. The second-order valence-electron chi connectivity index (χ2n) is 3.37. The lowest BCUT2D eigenvalue weighted by Crippen LogP contribution is -2.27. The van der Waals surface area contributed by atoms with Gasteiger partial charge in [0.2, 0.25) is 0 Å². The molecule has 1 heterocycles. The molecule has 1 atom stereocenters. The van der Waals surface area contributed by atoms with Crippen molar-refractivity contribution in [3.8, 4) is 5.75 Å². The van der Waals surface area contributed by atoms with Crippen molar-refractivity contribution in [3.05, 3.63) is 28.2 Å². The molecule has 2 N–H and O–H groups in total. The third kappa shape index (κ3) is 1.86. The maximum atomic E-state index is 5.61. The van der Waals surface area contributed by atoms with Crippen LogP contribution >= 0.6 is 15.9 Å². The Hall–Kier alpha value is -0.540. The Morgan fingerprint density at radius 3 is 3.15 bits per heavy atom. The van der Waals surface area contributed by atoms with Crippen LogP contribution in [-0.4, -0.2) is 13.2 Å². The smallest absolute Gasteiger partial charge is 0.122 e. The van der Waals surface area contributed by atoms with E-state index in [4.69, 9.17) is 10.5 Å². The van der Waals surface area contributed by atoms with Crippen molar-refractivity contribution >= 4 is 15.9 Å². The monoisotopic (exact) mass is 241 g/mol. The highest BCUT2D eigenvalue weighted by atomic mass is 79.9. The second kappa shape index (κ2) is 3.68. The molecule has 0 amide bonds. The summed E-state index contributed by atoms with van der Waals surface area (Å²) < 4.78 is 6.69. The zero-order valence-corrected chi connectivity index (χ0v) is 8.88. The van der Waals surface area contributed by atoms with E-state index in [0.29, 0.717) is 12.5 Å². The summed E-state index contributed by atoms with van der Waals surface area (Å²) in [4.78, 5) is 0. The third-order valence-corrected chi connectivity index (χ3v) is 2.83. The van der Waals surface area contributed by atoms with Crippen molar-refractivity contribution in [2.45, 2.75) is 6.42 Å². The van der Waals surface area contributed by atoms with Gasteiger partial charge in [0.25, 0.3) is 0 Å². The maximum absolute atomic E-state index is 5.61. The van der Waals surface area contributed by atoms with Gasteiger partial charge in [-0.25, -0.2) is 0 Å². The number of halogens is 1. The zero-order valence-electron chi connectivity index (χ0n) is 7.29. The predicted molar refractivity (Wildman–Crippen MR) is 55.9 cm³/mol. The molecule has 13 heavy (non-hydrogen) atoms. The van der Waals surface area contributed by atoms with Gasteiger partial charge in [-0.15, -0.1) is 0 Å². The van der Waals surface area contributed by atoms with Gasteiger partial charge in [0.15, 0.2) is 0 Å². The minimum Gasteiger partial charge on any atom is -0.493 e. The van der Waals surface area contributed by atoms with Crippen molar-refractivity contribution in [2.24, 2.45) is 11.7 Å². The van der Waals surface area contributed by atoms with Crippen LogP contribution in [0.3, 0.4) is 0 Å². The lowest BCUT2D eigenvalue weighted by atomic mass is 9.97. The number of nitrogens with two attached hydrogens (primary N) is 1. The standard InChI is InChI=1S/C10H12BrNO/c11-9-1-2-10-8(4-9)3-7(5-12)6-13-10/h1-2,4,7H,3,5-6,12H2. The molecule has 0 spiro atoms. The van der Waals surface area contributed by atoms with E-state index in [1.165, 1.54) is 5.56 Å². The first kappa shape index (κ1) is 9.03. The number of hydrogen-bond donors (Lipinski definition) is 1. The van der Waals surface area contributed by atoms with Crippen LogP contribution in [-0.2, 0) is 6.42 Å². The maximum Gasteiger partial charge on any atom is 0.122 e. The Morgan fingerprint density at radius 2 is 2.38 bits per heavy atom. The number of hydrogen-bond acceptors (Lipinski definition) is 2. The molecule has 0 bridgehead atoms. The molecule has 0 aliphatic carbocycles. The van der Waals surface area contributed by atoms with E-state index in [1.54, 1.807) is 0 Å². The summed E-state index contributed by atoms with van der Waals surface area (Å²) in [6, 6.07) is 6.12. The highest BCUT2D eigenvalue weighted by Crippen LogP contribution is 2.29. The Labute approximate surface area is 86.2 Å². The van der Waals surface area contributed by atoms with Gasteiger partial charge in [-0.1, -0.05) is 15.9 Å². The Balaban J connectivity index is 2.27. The van der Waals surface area contributed by atoms with Gasteiger partial charge in [0.05, 0.1) is 6.61 Å². The van der Waals surface area contributed by atoms with E-state index < -0.39 is 0 Å². The molecule has 0 fully saturated rings. The molecule has 70 valence electrons. The molecule has 0 aromatic heterocycles. The fourth-order valence-corrected chi connectivity index (χ4v) is 1.99. The van der Waals surface area contributed by atoms with Crippen molar-refractivity contribution in [2.75, 3.05) is 13.2 Å². The third-order valence-electron chi connectivity index (χ3n) is 2.34. The van der Waals surface area contributed by atoms with E-state index in [1.807, 2.05) is 12.1 Å². The van der Waals surface area contributed by atoms with E-state index in [2.05, 4.69) is 22.0 Å². The molecule has 0 saturated heterocycles. The van der Waals surface area contributed by atoms with Crippen LogP contribution in [0.2, 0.25) is 0 Å². The van der Waals surface area contributed by atoms with Crippen LogP contribution in [0.5, 0.6) is 5.75 Å². The molecule has 3 heteroatoms. The van der Waals surface area contributed by atoms with Gasteiger partial charge in [0.1, 0.15) is 5.75 Å². The van der Waals surface area contributed by atoms with Gasteiger partial charge in [-0.3, -0.25) is 0 Å². The van der Waals surface area contributed by atoms with Crippen molar-refractivity contribution in [1.82, 2.24) is 0 Å². The summed E-state index contributed by atoms with van der Waals surface area (Å²) in [5.74, 6) is 1.48. The molecule has 2 nitrogen and oxygen atoms in total. The average molecular weight is 242 g/mol. The molecule has 1 unspecified atom stereocenters. The number of fused-ring (bicyclic) bond motifs is 1. The lowest BCUT2D eigenvalue weighted by molar-refractivity contribution is 0.226. The summed E-state index contributed by atoms with van der Waals surface area (Å²) in [5.41, 5.74) is 6.87. The first-order valence-corrected chi connectivity index (χ1v) is 5.20. The van der Waals surface area contributed by atoms with Crippen molar-refractivity contribution in [1.29, 1.82) is 0 Å². The SMILES string of the molecule is NCC1COc2ccc(Br)cc2C1. The van der Waals surface area contributed by atoms with Crippen molar-refractivity contribution in [3.63, 3.8) is 0 Å². The molecule has 1 aromatic rings. The highest BCUT2D eigenvalue weighted by molar-refractivity contribution is 9.10. The number of benzene rings is 1. The Morgan fingerprint density at radius 1 is 1.54 bits per heavy atom. The summed E-state index contributed by atoms with van der Waals surface area (Å²) in [6.07, 6.45) is 1.03. The summed E-state index contributed by atoms with van der Waals surface area (Å²) in [7, 11) is 0. The summed E-state index contributed by atoms with van der Waals surface area (Å²) in [6.45, 7) is 1.46. The number of ether oxygens (including phenoxy) is 1. The van der Waals surface area contributed by atoms with E-state index in [-0.39, 0.29) is 0 Å². The largest absolute Gasteiger partial charge is 0.493 e. The highest BCUT2D eigenvalue weighted by Gasteiger charge is 2.18. The van der Waals surface area contributed by atoms with E-state index >= 15 is 0 Å².